The minimum atomic E-state index is -4.63. The van der Waals surface area contributed by atoms with Crippen LogP contribution in [0.15, 0.2) is 12.3 Å². The summed E-state index contributed by atoms with van der Waals surface area (Å²) in [5.74, 6) is 0. The van der Waals surface area contributed by atoms with Crippen molar-refractivity contribution in [1.29, 1.82) is 5.26 Å². The summed E-state index contributed by atoms with van der Waals surface area (Å²) < 4.78 is 37.3. The quantitative estimate of drug-likeness (QED) is 0.831. The van der Waals surface area contributed by atoms with Gasteiger partial charge in [0.1, 0.15) is 11.3 Å². The summed E-state index contributed by atoms with van der Waals surface area (Å²) in [6.45, 7) is 0. The summed E-state index contributed by atoms with van der Waals surface area (Å²) in [6, 6.07) is 2.18. The molecule has 1 aromatic rings. The van der Waals surface area contributed by atoms with Gasteiger partial charge in [0.25, 0.3) is 0 Å². The number of pyridine rings is 1. The number of aliphatic hydroxyl groups is 2. The van der Waals surface area contributed by atoms with Crippen molar-refractivity contribution in [2.24, 2.45) is 0 Å². The number of rotatable bonds is 3. The summed E-state index contributed by atoms with van der Waals surface area (Å²) in [7, 11) is 0. The molecule has 1 rings (SSSR count). The molecule has 0 fully saturated rings. The van der Waals surface area contributed by atoms with Crippen molar-refractivity contribution in [3.8, 4) is 6.07 Å². The maximum Gasteiger partial charge on any atom is 0.417 e. The highest BCUT2D eigenvalue weighted by atomic mass is 35.5. The minimum Gasteiger partial charge on any atom is -0.389 e. The third-order valence-electron chi connectivity index (χ3n) is 2.18. The lowest BCUT2D eigenvalue weighted by atomic mass is 10.0. The summed E-state index contributed by atoms with van der Waals surface area (Å²) >= 11 is 5.55. The molecule has 2 atom stereocenters. The summed E-state index contributed by atoms with van der Waals surface area (Å²) in [5, 5.41) is 26.9. The fourth-order valence-corrected chi connectivity index (χ4v) is 1.46. The maximum atomic E-state index is 12.4. The molecular weight excluding hydrogens is 273 g/mol. The lowest BCUT2D eigenvalue weighted by molar-refractivity contribution is -0.138. The number of nitrogens with zero attached hydrogens (tertiary/aromatic N) is 2. The van der Waals surface area contributed by atoms with Crippen molar-refractivity contribution in [3.63, 3.8) is 0 Å². The summed E-state index contributed by atoms with van der Waals surface area (Å²) in [6.07, 6.45) is -7.78. The predicted molar refractivity (Wildman–Crippen MR) is 55.4 cm³/mol. The molecule has 1 aromatic heterocycles. The van der Waals surface area contributed by atoms with E-state index < -0.39 is 30.4 Å². The van der Waals surface area contributed by atoms with E-state index in [2.05, 4.69) is 4.98 Å². The zero-order chi connectivity index (χ0) is 13.9. The van der Waals surface area contributed by atoms with Gasteiger partial charge < -0.3 is 10.2 Å². The topological polar surface area (TPSA) is 77.1 Å². The Bertz CT molecular complexity index is 473. The third kappa shape index (κ3) is 3.32. The van der Waals surface area contributed by atoms with Crippen molar-refractivity contribution in [2.45, 2.75) is 24.8 Å². The molecule has 8 heteroatoms. The van der Waals surface area contributed by atoms with E-state index >= 15 is 0 Å². The standard InChI is InChI=1S/C10H8ClF3N2O2/c11-9-6(8(18)7(17)1-2-15)3-5(4-16-9)10(12,13)14/h3-4,7-8,17-18H,1H2. The first-order valence-corrected chi connectivity index (χ1v) is 5.11. The molecule has 0 aromatic carbocycles. The monoisotopic (exact) mass is 280 g/mol. The van der Waals surface area contributed by atoms with E-state index in [4.69, 9.17) is 16.9 Å². The summed E-state index contributed by atoms with van der Waals surface area (Å²) in [5.41, 5.74) is -1.46. The first-order valence-electron chi connectivity index (χ1n) is 4.73. The Labute approximate surface area is 105 Å². The van der Waals surface area contributed by atoms with Gasteiger partial charge in [0.2, 0.25) is 0 Å². The Kier molecular flexibility index (Phi) is 4.51. The zero-order valence-corrected chi connectivity index (χ0v) is 9.57. The van der Waals surface area contributed by atoms with Crippen molar-refractivity contribution in [2.75, 3.05) is 0 Å². The van der Waals surface area contributed by atoms with Gasteiger partial charge in [0.15, 0.2) is 0 Å². The van der Waals surface area contributed by atoms with E-state index in [0.717, 1.165) is 0 Å². The van der Waals surface area contributed by atoms with E-state index in [1.807, 2.05) is 0 Å². The molecule has 0 aliphatic heterocycles. The average Bonchev–Trinajstić information content (AvgIpc) is 2.27. The van der Waals surface area contributed by atoms with E-state index in [9.17, 15) is 23.4 Å². The molecule has 0 saturated heterocycles. The normalized spacial score (nSPS) is 14.9. The Hall–Kier alpha value is -1.36. The van der Waals surface area contributed by atoms with Crippen LogP contribution >= 0.6 is 11.6 Å². The zero-order valence-electron chi connectivity index (χ0n) is 8.82. The fraction of sp³-hybridized carbons (Fsp3) is 0.400. The molecule has 0 spiro atoms. The second kappa shape index (κ2) is 5.52. The van der Waals surface area contributed by atoms with Gasteiger partial charge in [0, 0.05) is 11.8 Å². The first-order chi connectivity index (χ1) is 8.27. The molecule has 0 aliphatic carbocycles. The van der Waals surface area contributed by atoms with Gasteiger partial charge in [-0.25, -0.2) is 4.98 Å². The molecular formula is C10H8ClF3N2O2. The lowest BCUT2D eigenvalue weighted by Crippen LogP contribution is -2.19. The van der Waals surface area contributed by atoms with Crippen LogP contribution < -0.4 is 0 Å². The van der Waals surface area contributed by atoms with Gasteiger partial charge >= 0.3 is 6.18 Å². The number of hydrogen-bond acceptors (Lipinski definition) is 4. The molecule has 2 unspecified atom stereocenters. The van der Waals surface area contributed by atoms with E-state index in [0.29, 0.717) is 12.3 Å². The third-order valence-corrected chi connectivity index (χ3v) is 2.49. The van der Waals surface area contributed by atoms with Crippen LogP contribution in [0.5, 0.6) is 0 Å². The molecule has 98 valence electrons. The molecule has 0 aliphatic rings. The van der Waals surface area contributed by atoms with Crippen molar-refractivity contribution in [3.05, 3.63) is 28.5 Å². The second-order valence-electron chi connectivity index (χ2n) is 3.48. The van der Waals surface area contributed by atoms with Gasteiger partial charge in [-0.15, -0.1) is 0 Å². The Morgan fingerprint density at radius 1 is 1.44 bits per heavy atom. The minimum absolute atomic E-state index is 0.354. The molecule has 1 heterocycles. The molecule has 18 heavy (non-hydrogen) atoms. The number of hydrogen-bond donors (Lipinski definition) is 2. The molecule has 0 radical (unpaired) electrons. The van der Waals surface area contributed by atoms with E-state index in [-0.39, 0.29) is 10.7 Å². The highest BCUT2D eigenvalue weighted by molar-refractivity contribution is 6.30. The number of aliphatic hydroxyl groups excluding tert-OH is 2. The summed E-state index contributed by atoms with van der Waals surface area (Å²) in [4.78, 5) is 3.30. The van der Waals surface area contributed by atoms with Crippen LogP contribution in [0.3, 0.4) is 0 Å². The van der Waals surface area contributed by atoms with Gasteiger partial charge in [-0.1, -0.05) is 11.6 Å². The largest absolute Gasteiger partial charge is 0.417 e. The van der Waals surface area contributed by atoms with E-state index in [1.54, 1.807) is 6.07 Å². The van der Waals surface area contributed by atoms with Crippen molar-refractivity contribution >= 4 is 11.6 Å². The van der Waals surface area contributed by atoms with Crippen LogP contribution in [0, 0.1) is 11.3 Å². The number of aromatic nitrogens is 1. The first kappa shape index (κ1) is 14.7. The average molecular weight is 281 g/mol. The van der Waals surface area contributed by atoms with E-state index in [1.165, 1.54) is 0 Å². The smallest absolute Gasteiger partial charge is 0.389 e. The van der Waals surface area contributed by atoms with Gasteiger partial charge in [-0.2, -0.15) is 18.4 Å². The fourth-order valence-electron chi connectivity index (χ4n) is 1.24. The van der Waals surface area contributed by atoms with Gasteiger partial charge in [-0.3, -0.25) is 0 Å². The highest BCUT2D eigenvalue weighted by Gasteiger charge is 2.33. The Balaban J connectivity index is 3.12. The predicted octanol–water partition coefficient (Wildman–Crippen LogP) is 2.06. The van der Waals surface area contributed by atoms with Gasteiger partial charge in [-0.05, 0) is 6.07 Å². The maximum absolute atomic E-state index is 12.4. The molecule has 0 amide bonds. The lowest BCUT2D eigenvalue weighted by Gasteiger charge is -2.17. The SMILES string of the molecule is N#CCC(O)C(O)c1cc(C(F)(F)F)cnc1Cl. The van der Waals surface area contributed by atoms with Crippen molar-refractivity contribution < 1.29 is 23.4 Å². The molecule has 2 N–H and O–H groups in total. The number of alkyl halides is 3. The van der Waals surface area contributed by atoms with Crippen LogP contribution in [-0.2, 0) is 6.18 Å². The van der Waals surface area contributed by atoms with Crippen LogP contribution in [0.25, 0.3) is 0 Å². The van der Waals surface area contributed by atoms with Gasteiger partial charge in [0.05, 0.1) is 24.2 Å². The molecule has 0 saturated carbocycles. The Morgan fingerprint density at radius 2 is 2.06 bits per heavy atom. The van der Waals surface area contributed by atoms with Crippen LogP contribution in [0.2, 0.25) is 5.15 Å². The number of nitriles is 1. The molecule has 0 bridgehead atoms. The van der Waals surface area contributed by atoms with Crippen molar-refractivity contribution in [1.82, 2.24) is 4.98 Å². The van der Waals surface area contributed by atoms with Crippen LogP contribution in [-0.4, -0.2) is 21.3 Å². The second-order valence-corrected chi connectivity index (χ2v) is 3.83. The Morgan fingerprint density at radius 3 is 2.56 bits per heavy atom. The van der Waals surface area contributed by atoms with Crippen LogP contribution in [0.1, 0.15) is 23.7 Å². The highest BCUT2D eigenvalue weighted by Crippen LogP contribution is 2.33. The van der Waals surface area contributed by atoms with Crippen LogP contribution in [0.4, 0.5) is 13.2 Å². The molecule has 4 nitrogen and oxygen atoms in total. The number of halogens is 4.